The van der Waals surface area contributed by atoms with E-state index in [-0.39, 0.29) is 17.2 Å². The molecule has 0 bridgehead atoms. The Morgan fingerprint density at radius 2 is 2.15 bits per heavy atom. The van der Waals surface area contributed by atoms with Gasteiger partial charge in [-0.25, -0.2) is 9.78 Å². The van der Waals surface area contributed by atoms with Crippen LogP contribution in [0.15, 0.2) is 12.3 Å². The molecule has 0 atom stereocenters. The molecule has 13 heavy (non-hydrogen) atoms. The van der Waals surface area contributed by atoms with Crippen molar-refractivity contribution in [3.63, 3.8) is 0 Å². The number of carboxylic acid groups (broad SMARTS) is 1. The molecule has 5 heteroatoms. The van der Waals surface area contributed by atoms with E-state index >= 15 is 0 Å². The maximum atomic E-state index is 10.7. The van der Waals surface area contributed by atoms with E-state index in [1.807, 2.05) is 0 Å². The lowest BCUT2D eigenvalue weighted by atomic mass is 10.2. The van der Waals surface area contributed by atoms with Crippen molar-refractivity contribution in [2.24, 2.45) is 0 Å². The van der Waals surface area contributed by atoms with Gasteiger partial charge >= 0.3 is 5.97 Å². The van der Waals surface area contributed by atoms with Crippen LogP contribution in [-0.4, -0.2) is 30.3 Å². The molecule has 0 radical (unpaired) electrons. The van der Waals surface area contributed by atoms with Crippen LogP contribution < -0.4 is 9.47 Å². The van der Waals surface area contributed by atoms with Gasteiger partial charge in [-0.05, 0) is 6.07 Å². The molecule has 0 fully saturated rings. The zero-order valence-corrected chi connectivity index (χ0v) is 7.27. The van der Waals surface area contributed by atoms with Crippen molar-refractivity contribution < 1.29 is 19.4 Å². The Kier molecular flexibility index (Phi) is 2.69. The average molecular weight is 183 g/mol. The molecule has 0 aliphatic carbocycles. The number of aromatic nitrogens is 1. The summed E-state index contributed by atoms with van der Waals surface area (Å²) in [6.45, 7) is 0. The Labute approximate surface area is 74.9 Å². The third-order valence-electron chi connectivity index (χ3n) is 1.50. The Hall–Kier alpha value is -1.78. The Balaban J connectivity index is 3.27. The van der Waals surface area contributed by atoms with Crippen LogP contribution in [0, 0.1) is 0 Å². The smallest absolute Gasteiger partial charge is 0.339 e. The van der Waals surface area contributed by atoms with Crippen LogP contribution in [0.25, 0.3) is 0 Å². The largest absolute Gasteiger partial charge is 0.491 e. The highest BCUT2D eigenvalue weighted by Gasteiger charge is 2.15. The number of methoxy groups -OCH3 is 2. The van der Waals surface area contributed by atoms with E-state index < -0.39 is 5.97 Å². The van der Waals surface area contributed by atoms with E-state index in [1.165, 1.54) is 26.5 Å². The van der Waals surface area contributed by atoms with Crippen LogP contribution in [0.5, 0.6) is 11.6 Å². The first-order valence-electron chi connectivity index (χ1n) is 3.51. The summed E-state index contributed by atoms with van der Waals surface area (Å²) in [7, 11) is 2.77. The van der Waals surface area contributed by atoms with Gasteiger partial charge in [-0.1, -0.05) is 0 Å². The molecule has 0 spiro atoms. The first-order chi connectivity index (χ1) is 6.20. The lowest BCUT2D eigenvalue weighted by molar-refractivity contribution is 0.0692. The molecule has 0 unspecified atom stereocenters. The van der Waals surface area contributed by atoms with Gasteiger partial charge in [-0.3, -0.25) is 0 Å². The molecule has 1 aromatic rings. The van der Waals surface area contributed by atoms with Crippen molar-refractivity contribution in [1.29, 1.82) is 0 Å². The van der Waals surface area contributed by atoms with Crippen LogP contribution in [0.2, 0.25) is 0 Å². The zero-order valence-electron chi connectivity index (χ0n) is 7.27. The summed E-state index contributed by atoms with van der Waals surface area (Å²) in [5.74, 6) is -0.766. The zero-order chi connectivity index (χ0) is 9.84. The molecule has 0 aliphatic rings. The lowest BCUT2D eigenvalue weighted by Gasteiger charge is -2.07. The Morgan fingerprint density at radius 3 is 2.62 bits per heavy atom. The maximum absolute atomic E-state index is 10.7. The Bertz CT molecular complexity index is 324. The van der Waals surface area contributed by atoms with Crippen molar-refractivity contribution >= 4 is 5.97 Å². The fraction of sp³-hybridized carbons (Fsp3) is 0.250. The Morgan fingerprint density at radius 1 is 1.46 bits per heavy atom. The highest BCUT2D eigenvalue weighted by atomic mass is 16.5. The van der Waals surface area contributed by atoms with E-state index in [0.717, 1.165) is 0 Å². The van der Waals surface area contributed by atoms with Gasteiger partial charge in [0.2, 0.25) is 0 Å². The third-order valence-corrected chi connectivity index (χ3v) is 1.50. The number of carbonyl (C=O) groups is 1. The summed E-state index contributed by atoms with van der Waals surface area (Å²) in [6, 6.07) is 1.35. The van der Waals surface area contributed by atoms with Gasteiger partial charge < -0.3 is 14.6 Å². The van der Waals surface area contributed by atoms with Gasteiger partial charge in [0.1, 0.15) is 5.56 Å². The maximum Gasteiger partial charge on any atom is 0.339 e. The van der Waals surface area contributed by atoms with Crippen molar-refractivity contribution in [3.05, 3.63) is 17.8 Å². The summed E-state index contributed by atoms with van der Waals surface area (Å²) >= 11 is 0. The molecule has 70 valence electrons. The molecule has 1 heterocycles. The predicted octanol–water partition coefficient (Wildman–Crippen LogP) is 0.797. The van der Waals surface area contributed by atoms with Gasteiger partial charge in [0.05, 0.1) is 14.2 Å². The summed E-state index contributed by atoms with van der Waals surface area (Å²) < 4.78 is 9.69. The minimum absolute atomic E-state index is 0.0364. The molecule has 0 saturated carbocycles. The second-order valence-corrected chi connectivity index (χ2v) is 2.21. The number of nitrogens with zero attached hydrogens (tertiary/aromatic N) is 1. The molecular weight excluding hydrogens is 174 g/mol. The van der Waals surface area contributed by atoms with Gasteiger partial charge in [-0.15, -0.1) is 0 Å². The van der Waals surface area contributed by atoms with Gasteiger partial charge in [0.25, 0.3) is 5.88 Å². The fourth-order valence-electron chi connectivity index (χ4n) is 0.940. The summed E-state index contributed by atoms with van der Waals surface area (Å²) in [5.41, 5.74) is 0.0364. The van der Waals surface area contributed by atoms with Crippen LogP contribution in [-0.2, 0) is 0 Å². The van der Waals surface area contributed by atoms with Crippen LogP contribution in [0.3, 0.4) is 0 Å². The quantitative estimate of drug-likeness (QED) is 0.750. The lowest BCUT2D eigenvalue weighted by Crippen LogP contribution is -2.03. The number of pyridine rings is 1. The van der Waals surface area contributed by atoms with Gasteiger partial charge in [-0.2, -0.15) is 0 Å². The topological polar surface area (TPSA) is 68.7 Å². The number of carboxylic acids is 1. The van der Waals surface area contributed by atoms with Gasteiger partial charge in [0.15, 0.2) is 5.75 Å². The van der Waals surface area contributed by atoms with Gasteiger partial charge in [0, 0.05) is 6.20 Å². The van der Waals surface area contributed by atoms with Crippen molar-refractivity contribution in [2.75, 3.05) is 14.2 Å². The standard InChI is InChI=1S/C8H9NO4/c1-12-6-5(8(10)11)3-4-9-7(6)13-2/h3-4H,1-2H3,(H,10,11). The van der Waals surface area contributed by atoms with Crippen molar-refractivity contribution in [1.82, 2.24) is 4.98 Å². The molecule has 0 aliphatic heterocycles. The van der Waals surface area contributed by atoms with Crippen molar-refractivity contribution in [3.8, 4) is 11.6 Å². The monoisotopic (exact) mass is 183 g/mol. The number of ether oxygens (including phenoxy) is 2. The molecular formula is C8H9NO4. The number of rotatable bonds is 3. The molecule has 5 nitrogen and oxygen atoms in total. The second kappa shape index (κ2) is 3.75. The normalized spacial score (nSPS) is 9.38. The number of hydrogen-bond acceptors (Lipinski definition) is 4. The van der Waals surface area contributed by atoms with E-state index in [2.05, 4.69) is 4.98 Å². The SMILES string of the molecule is COc1nccc(C(=O)O)c1OC. The third kappa shape index (κ3) is 1.69. The van der Waals surface area contributed by atoms with Crippen LogP contribution in [0.4, 0.5) is 0 Å². The molecule has 1 rings (SSSR count). The van der Waals surface area contributed by atoms with Crippen molar-refractivity contribution in [2.45, 2.75) is 0 Å². The minimum Gasteiger partial charge on any atom is -0.491 e. The molecule has 0 saturated heterocycles. The molecule has 0 amide bonds. The molecule has 0 aromatic carbocycles. The van der Waals surface area contributed by atoms with E-state index in [4.69, 9.17) is 14.6 Å². The van der Waals surface area contributed by atoms with E-state index in [9.17, 15) is 4.79 Å². The first kappa shape index (κ1) is 9.31. The average Bonchev–Trinajstić information content (AvgIpc) is 2.16. The highest BCUT2D eigenvalue weighted by Crippen LogP contribution is 2.27. The fourth-order valence-corrected chi connectivity index (χ4v) is 0.940. The molecule has 1 aromatic heterocycles. The van der Waals surface area contributed by atoms with E-state index in [1.54, 1.807) is 0 Å². The summed E-state index contributed by atoms with van der Waals surface area (Å²) in [4.78, 5) is 14.5. The summed E-state index contributed by atoms with van der Waals surface area (Å²) in [5, 5.41) is 8.75. The molecule has 1 N–H and O–H groups in total. The number of hydrogen-bond donors (Lipinski definition) is 1. The predicted molar refractivity (Wildman–Crippen MR) is 44.3 cm³/mol. The number of aromatic carboxylic acids is 1. The van der Waals surface area contributed by atoms with Crippen LogP contribution in [0.1, 0.15) is 10.4 Å². The summed E-state index contributed by atoms with van der Waals surface area (Å²) in [6.07, 6.45) is 1.35. The van der Waals surface area contributed by atoms with Crippen LogP contribution >= 0.6 is 0 Å². The highest BCUT2D eigenvalue weighted by molar-refractivity contribution is 5.91. The minimum atomic E-state index is -1.07. The first-order valence-corrected chi connectivity index (χ1v) is 3.51. The van der Waals surface area contributed by atoms with E-state index in [0.29, 0.717) is 0 Å². The second-order valence-electron chi connectivity index (χ2n) is 2.21.